The minimum Gasteiger partial charge on any atom is -0.330 e. The average molecular weight is 348 g/mol. The van der Waals surface area contributed by atoms with E-state index in [4.69, 9.17) is 5.73 Å². The molecule has 1 saturated carbocycles. The van der Waals surface area contributed by atoms with Crippen LogP contribution in [0.5, 0.6) is 0 Å². The van der Waals surface area contributed by atoms with Gasteiger partial charge in [-0.25, -0.2) is 0 Å². The van der Waals surface area contributed by atoms with Gasteiger partial charge in [-0.15, -0.1) is 0 Å². The third kappa shape index (κ3) is 4.32. The van der Waals surface area contributed by atoms with Gasteiger partial charge in [-0.2, -0.15) is 11.8 Å². The van der Waals surface area contributed by atoms with Gasteiger partial charge >= 0.3 is 0 Å². The van der Waals surface area contributed by atoms with Crippen LogP contribution in [0.25, 0.3) is 0 Å². The molecule has 1 heterocycles. The van der Waals surface area contributed by atoms with Crippen molar-refractivity contribution >= 4 is 23.4 Å². The van der Waals surface area contributed by atoms with Crippen molar-refractivity contribution in [2.45, 2.75) is 32.7 Å². The minimum atomic E-state index is 0.0833. The molecule has 0 bridgehead atoms. The molecule has 0 spiro atoms. The zero-order chi connectivity index (χ0) is 16.9. The highest BCUT2D eigenvalue weighted by atomic mass is 32.2. The van der Waals surface area contributed by atoms with Crippen LogP contribution in [0.1, 0.15) is 30.4 Å². The number of thioether (sulfide) groups is 1. The second kappa shape index (κ2) is 8.37. The number of nitrogens with zero attached hydrogens (tertiary/aromatic N) is 1. The molecule has 0 unspecified atom stereocenters. The molecule has 2 atom stereocenters. The first-order valence-electron chi connectivity index (χ1n) is 9.08. The van der Waals surface area contributed by atoms with Crippen molar-refractivity contribution in [3.05, 3.63) is 29.3 Å². The number of hydrogen-bond acceptors (Lipinski definition) is 4. The molecule has 1 saturated heterocycles. The van der Waals surface area contributed by atoms with E-state index in [0.29, 0.717) is 12.5 Å². The molecule has 1 aromatic rings. The molecule has 3 rings (SSSR count). The Balaban J connectivity index is 1.61. The molecular weight excluding hydrogens is 318 g/mol. The van der Waals surface area contributed by atoms with Crippen LogP contribution in [0.2, 0.25) is 0 Å². The first-order valence-corrected chi connectivity index (χ1v) is 10.2. The molecule has 1 aliphatic carbocycles. The second-order valence-corrected chi connectivity index (χ2v) is 8.28. The lowest BCUT2D eigenvalue weighted by atomic mass is 9.95. The molecule has 0 radical (unpaired) electrons. The van der Waals surface area contributed by atoms with E-state index in [0.717, 1.165) is 37.1 Å². The number of hydrogen-bond donors (Lipinski definition) is 2. The summed E-state index contributed by atoms with van der Waals surface area (Å²) in [5.74, 6) is 3.04. The first-order chi connectivity index (χ1) is 11.7. The maximum atomic E-state index is 12.6. The van der Waals surface area contributed by atoms with Crippen LogP contribution >= 0.6 is 11.8 Å². The van der Waals surface area contributed by atoms with Crippen molar-refractivity contribution in [2.24, 2.45) is 17.6 Å². The van der Waals surface area contributed by atoms with Crippen LogP contribution in [0.3, 0.4) is 0 Å². The topological polar surface area (TPSA) is 58.4 Å². The summed E-state index contributed by atoms with van der Waals surface area (Å²) in [6.45, 7) is 6.05. The number of nitrogens with one attached hydrogen (secondary N) is 1. The second-order valence-electron chi connectivity index (χ2n) is 7.06. The quantitative estimate of drug-likeness (QED) is 0.860. The number of aryl methyl sites for hydroxylation is 1. The largest absolute Gasteiger partial charge is 0.330 e. The van der Waals surface area contributed by atoms with Gasteiger partial charge in [-0.05, 0) is 49.4 Å². The van der Waals surface area contributed by atoms with Gasteiger partial charge in [-0.1, -0.05) is 18.6 Å². The van der Waals surface area contributed by atoms with Crippen LogP contribution in [0, 0.1) is 18.8 Å². The van der Waals surface area contributed by atoms with E-state index in [2.05, 4.69) is 35.3 Å². The summed E-state index contributed by atoms with van der Waals surface area (Å²) in [4.78, 5) is 15.1. The predicted molar refractivity (Wildman–Crippen MR) is 102 cm³/mol. The summed E-state index contributed by atoms with van der Waals surface area (Å²) in [7, 11) is 0. The Bertz CT molecular complexity index is 572. The molecule has 2 aliphatic rings. The van der Waals surface area contributed by atoms with Crippen LogP contribution in [0.4, 0.5) is 5.69 Å². The van der Waals surface area contributed by atoms with Gasteiger partial charge < -0.3 is 11.1 Å². The molecule has 5 heteroatoms. The van der Waals surface area contributed by atoms with E-state index in [-0.39, 0.29) is 11.8 Å². The van der Waals surface area contributed by atoms with E-state index >= 15 is 0 Å². The zero-order valence-electron chi connectivity index (χ0n) is 14.6. The first kappa shape index (κ1) is 17.8. The Labute approximate surface area is 149 Å². The number of rotatable bonds is 5. The average Bonchev–Trinajstić information content (AvgIpc) is 3.07. The molecule has 0 aromatic heterocycles. The number of nitrogens with two attached hydrogens (primary N) is 1. The van der Waals surface area contributed by atoms with E-state index in [1.165, 1.54) is 30.2 Å². The standard InChI is InChI=1S/C19H29N3OS/c1-14-11-15(13-22-7-9-24-10-8-22)5-6-18(14)21-19(23)17-4-2-3-16(17)12-20/h5-6,11,16-17H,2-4,7-10,12-13,20H2,1H3,(H,21,23)/t16-,17-/m1/s1. The van der Waals surface area contributed by atoms with E-state index < -0.39 is 0 Å². The van der Waals surface area contributed by atoms with Gasteiger partial charge in [0.05, 0.1) is 0 Å². The summed E-state index contributed by atoms with van der Waals surface area (Å²) in [5, 5.41) is 3.14. The lowest BCUT2D eigenvalue weighted by molar-refractivity contribution is -0.120. The monoisotopic (exact) mass is 347 g/mol. The van der Waals surface area contributed by atoms with Crippen molar-refractivity contribution in [1.82, 2.24) is 4.90 Å². The molecule has 4 nitrogen and oxygen atoms in total. The summed E-state index contributed by atoms with van der Waals surface area (Å²) in [5.41, 5.74) is 9.23. The van der Waals surface area contributed by atoms with Gasteiger partial charge in [-0.3, -0.25) is 9.69 Å². The van der Waals surface area contributed by atoms with E-state index in [9.17, 15) is 4.79 Å². The SMILES string of the molecule is Cc1cc(CN2CCSCC2)ccc1NC(=O)[C@@H]1CCC[C@@H]1CN. The molecule has 132 valence electrons. The molecule has 1 amide bonds. The van der Waals surface area contributed by atoms with Gasteiger partial charge in [0.2, 0.25) is 5.91 Å². The van der Waals surface area contributed by atoms with Crippen molar-refractivity contribution in [3.63, 3.8) is 0 Å². The van der Waals surface area contributed by atoms with Crippen LogP contribution in [0.15, 0.2) is 18.2 Å². The van der Waals surface area contributed by atoms with Crippen molar-refractivity contribution in [3.8, 4) is 0 Å². The molecule has 2 fully saturated rings. The number of carbonyl (C=O) groups is 1. The summed E-state index contributed by atoms with van der Waals surface area (Å²) in [6, 6.07) is 6.43. The number of benzene rings is 1. The predicted octanol–water partition coefficient (Wildman–Crippen LogP) is 2.86. The smallest absolute Gasteiger partial charge is 0.227 e. The number of carbonyl (C=O) groups excluding carboxylic acids is 1. The van der Waals surface area contributed by atoms with Gasteiger partial charge in [0.15, 0.2) is 0 Å². The fourth-order valence-electron chi connectivity index (χ4n) is 3.87. The Hall–Kier alpha value is -1.04. The molecule has 1 aliphatic heterocycles. The fraction of sp³-hybridized carbons (Fsp3) is 0.632. The maximum absolute atomic E-state index is 12.6. The highest BCUT2D eigenvalue weighted by molar-refractivity contribution is 7.99. The lowest BCUT2D eigenvalue weighted by Crippen LogP contribution is -2.32. The van der Waals surface area contributed by atoms with Crippen LogP contribution < -0.4 is 11.1 Å². The highest BCUT2D eigenvalue weighted by Gasteiger charge is 2.32. The summed E-state index contributed by atoms with van der Waals surface area (Å²) < 4.78 is 0. The third-order valence-corrected chi connectivity index (χ3v) is 6.30. The van der Waals surface area contributed by atoms with E-state index in [1.54, 1.807) is 0 Å². The Morgan fingerprint density at radius 2 is 2.12 bits per heavy atom. The Morgan fingerprint density at radius 3 is 2.83 bits per heavy atom. The van der Waals surface area contributed by atoms with Crippen molar-refractivity contribution < 1.29 is 4.79 Å². The van der Waals surface area contributed by atoms with Crippen molar-refractivity contribution in [2.75, 3.05) is 36.5 Å². The number of anilines is 1. The minimum absolute atomic E-state index is 0.0833. The number of amides is 1. The molecule has 24 heavy (non-hydrogen) atoms. The third-order valence-electron chi connectivity index (χ3n) is 5.36. The zero-order valence-corrected chi connectivity index (χ0v) is 15.4. The van der Waals surface area contributed by atoms with Crippen molar-refractivity contribution in [1.29, 1.82) is 0 Å². The normalized spacial score (nSPS) is 24.9. The molecular formula is C19H29N3OS. The van der Waals surface area contributed by atoms with Crippen LogP contribution in [-0.4, -0.2) is 41.9 Å². The van der Waals surface area contributed by atoms with Gasteiger partial charge in [0.1, 0.15) is 0 Å². The molecule has 1 aromatic carbocycles. The van der Waals surface area contributed by atoms with Crippen LogP contribution in [-0.2, 0) is 11.3 Å². The maximum Gasteiger partial charge on any atom is 0.227 e. The van der Waals surface area contributed by atoms with Gasteiger partial charge in [0.25, 0.3) is 0 Å². The van der Waals surface area contributed by atoms with Gasteiger partial charge in [0, 0.05) is 42.7 Å². The Morgan fingerprint density at radius 1 is 1.33 bits per heavy atom. The fourth-order valence-corrected chi connectivity index (χ4v) is 4.85. The highest BCUT2D eigenvalue weighted by Crippen LogP contribution is 2.32. The molecule has 3 N–H and O–H groups in total. The summed E-state index contributed by atoms with van der Waals surface area (Å²) in [6.07, 6.45) is 3.17. The lowest BCUT2D eigenvalue weighted by Gasteiger charge is -2.26. The summed E-state index contributed by atoms with van der Waals surface area (Å²) >= 11 is 2.04. The van der Waals surface area contributed by atoms with E-state index in [1.807, 2.05) is 11.8 Å². The Kier molecular flexibility index (Phi) is 6.19.